The number of carbonyl (C=O) groups is 2. The summed E-state index contributed by atoms with van der Waals surface area (Å²) in [6.45, 7) is -0.149. The number of nitrogens with one attached hydrogen (secondary N) is 2. The summed E-state index contributed by atoms with van der Waals surface area (Å²) in [6, 6.07) is 8.67. The number of nitrogens with zero attached hydrogens (tertiary/aromatic N) is 1. The minimum absolute atomic E-state index is 0.149. The quantitative estimate of drug-likeness (QED) is 0.846. The van der Waals surface area contributed by atoms with E-state index in [0.29, 0.717) is 23.0 Å². The first-order valence-electron chi connectivity index (χ1n) is 6.81. The lowest BCUT2D eigenvalue weighted by Gasteiger charge is -2.10. The third kappa shape index (κ3) is 5.09. The van der Waals surface area contributed by atoms with Gasteiger partial charge in [-0.1, -0.05) is 24.4 Å². The van der Waals surface area contributed by atoms with Crippen LogP contribution in [0.25, 0.3) is 0 Å². The molecule has 6 heteroatoms. The standard InChI is InChI=1S/C15H16ClN3O2/c16-12-3-5-13(6-4-12)19-14(20)9-18-15(21)11(8-17)7-10-1-2-10/h3-6,10-11H,1-2,7,9H2,(H,18,21)(H,19,20)/t11-/m1/s1. The summed E-state index contributed by atoms with van der Waals surface area (Å²) in [6.07, 6.45) is 2.76. The van der Waals surface area contributed by atoms with E-state index in [0.717, 1.165) is 12.8 Å². The Morgan fingerprint density at radius 1 is 1.33 bits per heavy atom. The van der Waals surface area contributed by atoms with Crippen molar-refractivity contribution in [1.29, 1.82) is 5.26 Å². The molecule has 2 amide bonds. The molecule has 0 saturated heterocycles. The van der Waals surface area contributed by atoms with Crippen molar-refractivity contribution < 1.29 is 9.59 Å². The molecule has 5 nitrogen and oxygen atoms in total. The second-order valence-electron chi connectivity index (χ2n) is 5.13. The minimum atomic E-state index is -0.666. The summed E-state index contributed by atoms with van der Waals surface area (Å²) >= 11 is 5.75. The number of rotatable bonds is 6. The molecule has 1 aromatic carbocycles. The summed E-state index contributed by atoms with van der Waals surface area (Å²) in [4.78, 5) is 23.5. The van der Waals surface area contributed by atoms with Gasteiger partial charge in [0.25, 0.3) is 0 Å². The average Bonchev–Trinajstić information content (AvgIpc) is 3.29. The van der Waals surface area contributed by atoms with Crippen molar-refractivity contribution in [2.45, 2.75) is 19.3 Å². The number of anilines is 1. The molecule has 0 aromatic heterocycles. The zero-order valence-electron chi connectivity index (χ0n) is 11.4. The number of hydrogen-bond acceptors (Lipinski definition) is 3. The molecule has 0 spiro atoms. The van der Waals surface area contributed by atoms with Gasteiger partial charge < -0.3 is 10.6 Å². The SMILES string of the molecule is N#C[C@@H](CC1CC1)C(=O)NCC(=O)Nc1ccc(Cl)cc1. The smallest absolute Gasteiger partial charge is 0.243 e. The molecule has 0 aliphatic heterocycles. The monoisotopic (exact) mass is 305 g/mol. The lowest BCUT2D eigenvalue weighted by atomic mass is 10.0. The Labute approximate surface area is 128 Å². The van der Waals surface area contributed by atoms with Crippen molar-refractivity contribution in [2.24, 2.45) is 11.8 Å². The van der Waals surface area contributed by atoms with Crippen LogP contribution in [0.3, 0.4) is 0 Å². The molecule has 0 unspecified atom stereocenters. The van der Waals surface area contributed by atoms with E-state index in [9.17, 15) is 9.59 Å². The Hall–Kier alpha value is -2.06. The van der Waals surface area contributed by atoms with Gasteiger partial charge in [-0.25, -0.2) is 0 Å². The van der Waals surface area contributed by atoms with Gasteiger partial charge in [0.2, 0.25) is 11.8 Å². The van der Waals surface area contributed by atoms with Crippen LogP contribution in [-0.4, -0.2) is 18.4 Å². The maximum absolute atomic E-state index is 11.8. The van der Waals surface area contributed by atoms with Crippen LogP contribution in [-0.2, 0) is 9.59 Å². The average molecular weight is 306 g/mol. The van der Waals surface area contributed by atoms with E-state index in [-0.39, 0.29) is 18.4 Å². The lowest BCUT2D eigenvalue weighted by molar-refractivity contribution is -0.126. The highest BCUT2D eigenvalue weighted by Crippen LogP contribution is 2.35. The Morgan fingerprint density at radius 2 is 2.00 bits per heavy atom. The van der Waals surface area contributed by atoms with E-state index >= 15 is 0 Å². The molecule has 1 atom stereocenters. The Kier molecular flexibility index (Phi) is 5.18. The van der Waals surface area contributed by atoms with E-state index in [2.05, 4.69) is 10.6 Å². The molecule has 2 N–H and O–H groups in total. The van der Waals surface area contributed by atoms with Crippen LogP contribution in [0.4, 0.5) is 5.69 Å². The number of carbonyl (C=O) groups excluding carboxylic acids is 2. The van der Waals surface area contributed by atoms with Crippen LogP contribution in [0.1, 0.15) is 19.3 Å². The van der Waals surface area contributed by atoms with Gasteiger partial charge >= 0.3 is 0 Å². The third-order valence-electron chi connectivity index (χ3n) is 3.29. The highest BCUT2D eigenvalue weighted by Gasteiger charge is 2.29. The van der Waals surface area contributed by atoms with E-state index in [1.54, 1.807) is 24.3 Å². The molecule has 1 aliphatic carbocycles. The predicted molar refractivity (Wildman–Crippen MR) is 79.5 cm³/mol. The van der Waals surface area contributed by atoms with Crippen molar-refractivity contribution in [1.82, 2.24) is 5.32 Å². The van der Waals surface area contributed by atoms with E-state index < -0.39 is 5.92 Å². The predicted octanol–water partition coefficient (Wildman–Crippen LogP) is 2.33. The molecule has 1 aliphatic rings. The first-order chi connectivity index (χ1) is 10.1. The summed E-state index contributed by atoms with van der Waals surface area (Å²) < 4.78 is 0. The second-order valence-corrected chi connectivity index (χ2v) is 5.57. The summed E-state index contributed by atoms with van der Waals surface area (Å²) in [5, 5.41) is 14.7. The fraction of sp³-hybridized carbons (Fsp3) is 0.400. The molecular formula is C15H16ClN3O2. The van der Waals surface area contributed by atoms with Crippen LogP contribution in [0, 0.1) is 23.2 Å². The largest absolute Gasteiger partial charge is 0.346 e. The Balaban J connectivity index is 1.76. The molecule has 21 heavy (non-hydrogen) atoms. The summed E-state index contributed by atoms with van der Waals surface area (Å²) in [5.41, 5.74) is 0.605. The topological polar surface area (TPSA) is 82.0 Å². The molecule has 2 rings (SSSR count). The Bertz CT molecular complexity index is 561. The van der Waals surface area contributed by atoms with Crippen molar-refractivity contribution in [3.05, 3.63) is 29.3 Å². The van der Waals surface area contributed by atoms with Crippen LogP contribution < -0.4 is 10.6 Å². The number of benzene rings is 1. The van der Waals surface area contributed by atoms with Gasteiger partial charge in [0.15, 0.2) is 0 Å². The zero-order valence-corrected chi connectivity index (χ0v) is 12.2. The van der Waals surface area contributed by atoms with Crippen molar-refractivity contribution in [3.8, 4) is 6.07 Å². The molecule has 0 radical (unpaired) electrons. The van der Waals surface area contributed by atoms with Crippen molar-refractivity contribution >= 4 is 29.1 Å². The number of halogens is 1. The number of amides is 2. The second kappa shape index (κ2) is 7.09. The minimum Gasteiger partial charge on any atom is -0.346 e. The van der Waals surface area contributed by atoms with Crippen LogP contribution in [0.5, 0.6) is 0 Å². The molecular weight excluding hydrogens is 290 g/mol. The molecule has 0 heterocycles. The van der Waals surface area contributed by atoms with Crippen LogP contribution >= 0.6 is 11.6 Å². The van der Waals surface area contributed by atoms with Gasteiger partial charge in [0.1, 0.15) is 5.92 Å². The molecule has 110 valence electrons. The highest BCUT2D eigenvalue weighted by atomic mass is 35.5. The first-order valence-corrected chi connectivity index (χ1v) is 7.19. The fourth-order valence-electron chi connectivity index (χ4n) is 1.93. The van der Waals surface area contributed by atoms with Gasteiger partial charge in [0, 0.05) is 10.7 Å². The summed E-state index contributed by atoms with van der Waals surface area (Å²) in [7, 11) is 0. The van der Waals surface area contributed by atoms with Gasteiger partial charge in [-0.3, -0.25) is 9.59 Å². The van der Waals surface area contributed by atoms with Gasteiger partial charge in [-0.05, 0) is 36.6 Å². The summed E-state index contributed by atoms with van der Waals surface area (Å²) in [5.74, 6) is -0.895. The van der Waals surface area contributed by atoms with Crippen LogP contribution in [0.2, 0.25) is 5.02 Å². The van der Waals surface area contributed by atoms with Crippen molar-refractivity contribution in [2.75, 3.05) is 11.9 Å². The van der Waals surface area contributed by atoms with Gasteiger partial charge in [-0.15, -0.1) is 0 Å². The van der Waals surface area contributed by atoms with E-state index in [4.69, 9.17) is 16.9 Å². The molecule has 0 bridgehead atoms. The zero-order chi connectivity index (χ0) is 15.2. The normalized spacial score (nSPS) is 14.9. The van der Waals surface area contributed by atoms with Gasteiger partial charge in [-0.2, -0.15) is 5.26 Å². The fourth-order valence-corrected chi connectivity index (χ4v) is 2.06. The highest BCUT2D eigenvalue weighted by molar-refractivity contribution is 6.30. The Morgan fingerprint density at radius 3 is 2.57 bits per heavy atom. The number of nitriles is 1. The molecule has 1 aromatic rings. The third-order valence-corrected chi connectivity index (χ3v) is 3.54. The van der Waals surface area contributed by atoms with Gasteiger partial charge in [0.05, 0.1) is 12.6 Å². The van der Waals surface area contributed by atoms with Crippen LogP contribution in [0.15, 0.2) is 24.3 Å². The first kappa shape index (κ1) is 15.3. The van der Waals surface area contributed by atoms with Crippen molar-refractivity contribution in [3.63, 3.8) is 0 Å². The maximum atomic E-state index is 11.8. The maximum Gasteiger partial charge on any atom is 0.243 e. The van der Waals surface area contributed by atoms with E-state index in [1.807, 2.05) is 6.07 Å². The molecule has 1 saturated carbocycles. The lowest BCUT2D eigenvalue weighted by Crippen LogP contribution is -2.36. The number of hydrogen-bond donors (Lipinski definition) is 2. The van der Waals surface area contributed by atoms with E-state index in [1.165, 1.54) is 0 Å². The molecule has 1 fully saturated rings.